The molecule has 1 aliphatic heterocycles. The van der Waals surface area contributed by atoms with Crippen LogP contribution in [0.2, 0.25) is 5.02 Å². The lowest BCUT2D eigenvalue weighted by molar-refractivity contribution is 0.00146. The van der Waals surface area contributed by atoms with Crippen molar-refractivity contribution in [1.29, 1.82) is 0 Å². The minimum Gasteiger partial charge on any atom is -0.444 e. The van der Waals surface area contributed by atoms with Gasteiger partial charge in [-0.2, -0.15) is 0 Å². The second-order valence-electron chi connectivity index (χ2n) is 8.75. The highest BCUT2D eigenvalue weighted by Gasteiger charge is 2.34. The molecule has 1 atom stereocenters. The van der Waals surface area contributed by atoms with Gasteiger partial charge in [-0.25, -0.2) is 4.79 Å². The Morgan fingerprint density at radius 3 is 2.63 bits per heavy atom. The molecule has 0 aliphatic carbocycles. The third-order valence-corrected chi connectivity index (χ3v) is 5.56. The first-order valence-corrected chi connectivity index (χ1v) is 10.9. The Bertz CT molecular complexity index is 877. The van der Waals surface area contributed by atoms with Crippen LogP contribution in [0.25, 0.3) is 0 Å². The van der Waals surface area contributed by atoms with Gasteiger partial charge in [0.1, 0.15) is 17.2 Å². The number of hydrogen-bond donors (Lipinski definition) is 0. The van der Waals surface area contributed by atoms with Gasteiger partial charge in [-0.15, -0.1) is 10.2 Å². The van der Waals surface area contributed by atoms with E-state index in [4.69, 9.17) is 16.3 Å². The second kappa shape index (κ2) is 9.35. The maximum atomic E-state index is 12.7. The van der Waals surface area contributed by atoms with E-state index >= 15 is 0 Å². The van der Waals surface area contributed by atoms with E-state index in [0.717, 1.165) is 30.2 Å². The molecule has 0 saturated carbocycles. The predicted octanol–water partition coefficient (Wildman–Crippen LogP) is 4.44. The summed E-state index contributed by atoms with van der Waals surface area (Å²) in [6.07, 6.45) is 0.732. The fraction of sp³-hybridized carbons (Fsp3) is 0.591. The van der Waals surface area contributed by atoms with Gasteiger partial charge >= 0.3 is 6.09 Å². The molecular formula is C22H32ClN5O2. The van der Waals surface area contributed by atoms with E-state index in [9.17, 15) is 4.79 Å². The molecule has 0 bridgehead atoms. The molecule has 8 heteroatoms. The van der Waals surface area contributed by atoms with Crippen molar-refractivity contribution in [1.82, 2.24) is 24.6 Å². The Hall–Kier alpha value is -2.12. The van der Waals surface area contributed by atoms with E-state index in [1.54, 1.807) is 4.90 Å². The number of hydrogen-bond acceptors (Lipinski definition) is 5. The van der Waals surface area contributed by atoms with Gasteiger partial charge in [-0.1, -0.05) is 36.7 Å². The van der Waals surface area contributed by atoms with E-state index < -0.39 is 5.60 Å². The second-order valence-corrected chi connectivity index (χ2v) is 9.16. The summed E-state index contributed by atoms with van der Waals surface area (Å²) in [4.78, 5) is 16.8. The zero-order valence-corrected chi connectivity index (χ0v) is 19.3. The number of amides is 1. The largest absolute Gasteiger partial charge is 0.444 e. The Labute approximate surface area is 184 Å². The summed E-state index contributed by atoms with van der Waals surface area (Å²) in [6.45, 7) is 13.1. The van der Waals surface area contributed by atoms with Crippen LogP contribution in [-0.4, -0.2) is 55.9 Å². The predicted molar refractivity (Wildman–Crippen MR) is 117 cm³/mol. The lowest BCUT2D eigenvalue weighted by Gasteiger charge is -2.42. The van der Waals surface area contributed by atoms with Crippen molar-refractivity contribution in [3.63, 3.8) is 0 Å². The molecule has 7 nitrogen and oxygen atoms in total. The number of halogens is 1. The number of aryl methyl sites for hydroxylation is 1. The molecule has 30 heavy (non-hydrogen) atoms. The van der Waals surface area contributed by atoms with Crippen LogP contribution < -0.4 is 0 Å². The van der Waals surface area contributed by atoms with E-state index in [1.807, 2.05) is 52.0 Å². The third kappa shape index (κ3) is 5.32. The number of carbonyl (C=O) groups excluding carboxylic acids is 1. The van der Waals surface area contributed by atoms with Gasteiger partial charge in [0.25, 0.3) is 0 Å². The maximum absolute atomic E-state index is 12.7. The number of piperazine rings is 1. The molecule has 0 radical (unpaired) electrons. The third-order valence-electron chi connectivity index (χ3n) is 5.21. The van der Waals surface area contributed by atoms with Crippen LogP contribution in [0.15, 0.2) is 24.3 Å². The Morgan fingerprint density at radius 2 is 1.97 bits per heavy atom. The molecule has 1 aromatic carbocycles. The van der Waals surface area contributed by atoms with Gasteiger partial charge in [0.15, 0.2) is 0 Å². The molecule has 1 amide bonds. The molecule has 1 aliphatic rings. The van der Waals surface area contributed by atoms with E-state index in [1.165, 1.54) is 0 Å². The number of carbonyl (C=O) groups is 1. The van der Waals surface area contributed by atoms with Crippen molar-refractivity contribution in [2.24, 2.45) is 0 Å². The SMILES string of the molecule is CCCn1c(C)nnc1CN1CCN(C(=O)OC(C)(C)C)CC1c1ccccc1Cl. The summed E-state index contributed by atoms with van der Waals surface area (Å²) >= 11 is 6.55. The first-order valence-electron chi connectivity index (χ1n) is 10.5. The number of rotatable bonds is 5. The van der Waals surface area contributed by atoms with Crippen molar-refractivity contribution >= 4 is 17.7 Å². The molecule has 1 aromatic heterocycles. The summed E-state index contributed by atoms with van der Waals surface area (Å²) in [5.74, 6) is 1.87. The quantitative estimate of drug-likeness (QED) is 0.697. The van der Waals surface area contributed by atoms with E-state index in [0.29, 0.717) is 31.2 Å². The summed E-state index contributed by atoms with van der Waals surface area (Å²) in [5.41, 5.74) is 0.480. The summed E-state index contributed by atoms with van der Waals surface area (Å²) in [5, 5.41) is 9.39. The van der Waals surface area contributed by atoms with Gasteiger partial charge in [0.2, 0.25) is 0 Å². The van der Waals surface area contributed by atoms with Crippen molar-refractivity contribution in [3.05, 3.63) is 46.5 Å². The fourth-order valence-electron chi connectivity index (χ4n) is 3.78. The van der Waals surface area contributed by atoms with Crippen molar-refractivity contribution < 1.29 is 9.53 Å². The first-order chi connectivity index (χ1) is 14.2. The topological polar surface area (TPSA) is 63.5 Å². The Kier molecular flexibility index (Phi) is 7.03. The van der Waals surface area contributed by atoms with Crippen molar-refractivity contribution in [2.75, 3.05) is 19.6 Å². The molecule has 1 fully saturated rings. The van der Waals surface area contributed by atoms with Crippen molar-refractivity contribution in [3.8, 4) is 0 Å². The van der Waals surface area contributed by atoms with Gasteiger partial charge < -0.3 is 14.2 Å². The summed E-state index contributed by atoms with van der Waals surface area (Å²) in [6, 6.07) is 7.78. The van der Waals surface area contributed by atoms with Gasteiger partial charge in [-0.05, 0) is 45.7 Å². The van der Waals surface area contributed by atoms with Crippen LogP contribution in [0, 0.1) is 6.92 Å². The molecule has 0 N–H and O–H groups in total. The molecule has 164 valence electrons. The number of benzene rings is 1. The van der Waals surface area contributed by atoms with Crippen LogP contribution in [0.3, 0.4) is 0 Å². The zero-order chi connectivity index (χ0) is 21.9. The average Bonchev–Trinajstić information content (AvgIpc) is 3.01. The summed E-state index contributed by atoms with van der Waals surface area (Å²) < 4.78 is 7.78. The fourth-order valence-corrected chi connectivity index (χ4v) is 4.04. The van der Waals surface area contributed by atoms with Gasteiger partial charge in [-0.3, -0.25) is 4.90 Å². The van der Waals surface area contributed by atoms with E-state index in [-0.39, 0.29) is 12.1 Å². The molecule has 2 heterocycles. The highest BCUT2D eigenvalue weighted by atomic mass is 35.5. The standard InChI is InChI=1S/C22H32ClN5O2/c1-6-11-28-16(2)24-25-20(28)15-26-12-13-27(21(29)30-22(3,4)5)14-19(26)17-9-7-8-10-18(17)23/h7-10,19H,6,11-15H2,1-5H3. The average molecular weight is 434 g/mol. The van der Waals surface area contributed by atoms with Gasteiger partial charge in [0.05, 0.1) is 12.6 Å². The van der Waals surface area contributed by atoms with Crippen LogP contribution in [-0.2, 0) is 17.8 Å². The maximum Gasteiger partial charge on any atom is 0.410 e. The Morgan fingerprint density at radius 1 is 1.23 bits per heavy atom. The molecular weight excluding hydrogens is 402 g/mol. The Balaban J connectivity index is 1.86. The molecule has 2 aromatic rings. The molecule has 3 rings (SSSR count). The van der Waals surface area contributed by atoms with Crippen LogP contribution in [0.5, 0.6) is 0 Å². The van der Waals surface area contributed by atoms with Crippen LogP contribution in [0.4, 0.5) is 4.79 Å². The number of nitrogens with zero attached hydrogens (tertiary/aromatic N) is 5. The lowest BCUT2D eigenvalue weighted by Crippen LogP contribution is -2.51. The lowest BCUT2D eigenvalue weighted by atomic mass is 10.0. The van der Waals surface area contributed by atoms with E-state index in [2.05, 4.69) is 26.6 Å². The minimum atomic E-state index is -0.526. The minimum absolute atomic E-state index is 0.0490. The normalized spacial score (nSPS) is 17.9. The molecule has 0 spiro atoms. The number of aromatic nitrogens is 3. The molecule has 1 saturated heterocycles. The van der Waals surface area contributed by atoms with Crippen molar-refractivity contribution in [2.45, 2.75) is 65.8 Å². The first kappa shape index (κ1) is 22.6. The van der Waals surface area contributed by atoms with Crippen LogP contribution >= 0.6 is 11.6 Å². The molecule has 1 unspecified atom stereocenters. The number of ether oxygens (including phenoxy) is 1. The monoisotopic (exact) mass is 433 g/mol. The van der Waals surface area contributed by atoms with Gasteiger partial charge in [0, 0.05) is 31.2 Å². The highest BCUT2D eigenvalue weighted by Crippen LogP contribution is 2.32. The smallest absolute Gasteiger partial charge is 0.410 e. The van der Waals surface area contributed by atoms with Crippen LogP contribution in [0.1, 0.15) is 57.4 Å². The highest BCUT2D eigenvalue weighted by molar-refractivity contribution is 6.31. The summed E-state index contributed by atoms with van der Waals surface area (Å²) in [7, 11) is 0. The zero-order valence-electron chi connectivity index (χ0n) is 18.6.